The lowest BCUT2D eigenvalue weighted by atomic mass is 9.95. The predicted molar refractivity (Wildman–Crippen MR) is 117 cm³/mol. The minimum Gasteiger partial charge on any atom is -0.507 e. The van der Waals surface area contributed by atoms with Crippen molar-refractivity contribution in [3.8, 4) is 0 Å². The fraction of sp³-hybridized carbons (Fsp3) is 0.0833. The van der Waals surface area contributed by atoms with E-state index in [2.05, 4.69) is 15.9 Å². The van der Waals surface area contributed by atoms with Crippen molar-refractivity contribution in [1.29, 1.82) is 0 Å². The number of halogens is 4. The van der Waals surface area contributed by atoms with Gasteiger partial charge in [0.05, 0.1) is 17.2 Å². The van der Waals surface area contributed by atoms with Gasteiger partial charge in [-0.25, -0.2) is 0 Å². The largest absolute Gasteiger partial charge is 0.507 e. The molecular formula is C24H15BrF3NO3. The monoisotopic (exact) mass is 501 g/mol. The number of nitrogens with zero attached hydrogens (tertiary/aromatic N) is 1. The van der Waals surface area contributed by atoms with Crippen LogP contribution < -0.4 is 4.90 Å². The fourth-order valence-electron chi connectivity index (χ4n) is 3.64. The number of Topliss-reactive ketones (excluding diaryl/α,β-unsaturated/α-hetero) is 1. The zero-order valence-electron chi connectivity index (χ0n) is 16.3. The third-order valence-corrected chi connectivity index (χ3v) is 5.66. The van der Waals surface area contributed by atoms with Crippen LogP contribution in [0.4, 0.5) is 18.9 Å². The molecule has 1 aliphatic rings. The minimum absolute atomic E-state index is 0.0954. The highest BCUT2D eigenvalue weighted by Crippen LogP contribution is 2.43. The number of benzene rings is 3. The third kappa shape index (κ3) is 3.93. The van der Waals surface area contributed by atoms with E-state index in [0.717, 1.165) is 21.5 Å². The summed E-state index contributed by atoms with van der Waals surface area (Å²) in [5.41, 5.74) is -0.462. The van der Waals surface area contributed by atoms with E-state index >= 15 is 0 Å². The Labute approximate surface area is 189 Å². The number of rotatable bonds is 3. The van der Waals surface area contributed by atoms with E-state index in [1.54, 1.807) is 54.6 Å². The van der Waals surface area contributed by atoms with Gasteiger partial charge in [-0.1, -0.05) is 64.5 Å². The van der Waals surface area contributed by atoms with Crippen molar-refractivity contribution >= 4 is 39.1 Å². The Morgan fingerprint density at radius 3 is 2.19 bits per heavy atom. The van der Waals surface area contributed by atoms with Crippen molar-refractivity contribution in [2.24, 2.45) is 0 Å². The van der Waals surface area contributed by atoms with E-state index in [1.165, 1.54) is 12.1 Å². The zero-order chi connectivity index (χ0) is 23.0. The maximum absolute atomic E-state index is 13.3. The number of hydrogen-bond donors (Lipinski definition) is 1. The predicted octanol–water partition coefficient (Wildman–Crippen LogP) is 6.09. The summed E-state index contributed by atoms with van der Waals surface area (Å²) in [6, 6.07) is 17.9. The molecule has 0 aromatic heterocycles. The van der Waals surface area contributed by atoms with Crippen molar-refractivity contribution in [3.63, 3.8) is 0 Å². The van der Waals surface area contributed by atoms with E-state index in [-0.39, 0.29) is 11.3 Å². The van der Waals surface area contributed by atoms with Gasteiger partial charge in [0.15, 0.2) is 0 Å². The molecule has 1 amide bonds. The molecule has 1 fully saturated rings. The normalized spacial score (nSPS) is 18.2. The number of anilines is 1. The van der Waals surface area contributed by atoms with Crippen molar-refractivity contribution in [2.45, 2.75) is 12.2 Å². The van der Waals surface area contributed by atoms with E-state index in [4.69, 9.17) is 0 Å². The summed E-state index contributed by atoms with van der Waals surface area (Å²) < 4.78 is 40.6. The molecule has 8 heteroatoms. The van der Waals surface area contributed by atoms with Crippen molar-refractivity contribution in [1.82, 2.24) is 0 Å². The molecule has 32 heavy (non-hydrogen) atoms. The molecular weight excluding hydrogens is 487 g/mol. The molecule has 0 saturated carbocycles. The molecule has 0 radical (unpaired) electrons. The Balaban J connectivity index is 1.94. The first-order valence-electron chi connectivity index (χ1n) is 9.47. The second-order valence-corrected chi connectivity index (χ2v) is 8.05. The van der Waals surface area contributed by atoms with Crippen LogP contribution >= 0.6 is 15.9 Å². The van der Waals surface area contributed by atoms with Crippen molar-refractivity contribution in [3.05, 3.63) is 106 Å². The molecule has 1 atom stereocenters. The first-order chi connectivity index (χ1) is 15.2. The second kappa shape index (κ2) is 8.27. The van der Waals surface area contributed by atoms with Crippen LogP contribution in [0, 0.1) is 0 Å². The molecule has 162 valence electrons. The van der Waals surface area contributed by atoms with Crippen LogP contribution in [0.3, 0.4) is 0 Å². The molecule has 1 N–H and O–H groups in total. The summed E-state index contributed by atoms with van der Waals surface area (Å²) in [7, 11) is 0. The first-order valence-corrected chi connectivity index (χ1v) is 10.3. The van der Waals surface area contributed by atoms with E-state index in [0.29, 0.717) is 11.1 Å². The van der Waals surface area contributed by atoms with Gasteiger partial charge >= 0.3 is 6.18 Å². The number of aliphatic hydroxyl groups is 1. The van der Waals surface area contributed by atoms with Crippen LogP contribution in [0.25, 0.3) is 5.76 Å². The van der Waals surface area contributed by atoms with Crippen LogP contribution in [0.2, 0.25) is 0 Å². The van der Waals surface area contributed by atoms with Gasteiger partial charge in [0.1, 0.15) is 5.76 Å². The molecule has 4 nitrogen and oxygen atoms in total. The number of alkyl halides is 3. The average molecular weight is 502 g/mol. The molecule has 0 aliphatic carbocycles. The summed E-state index contributed by atoms with van der Waals surface area (Å²) >= 11 is 3.32. The lowest BCUT2D eigenvalue weighted by Crippen LogP contribution is -2.29. The number of aliphatic hydroxyl groups excluding tert-OH is 1. The van der Waals surface area contributed by atoms with Gasteiger partial charge in [-0.3, -0.25) is 14.5 Å². The molecule has 1 heterocycles. The minimum atomic E-state index is -4.62. The smallest absolute Gasteiger partial charge is 0.416 e. The lowest BCUT2D eigenvalue weighted by molar-refractivity contribution is -0.137. The number of carbonyl (C=O) groups is 2. The number of amides is 1. The molecule has 3 aromatic rings. The molecule has 0 bridgehead atoms. The summed E-state index contributed by atoms with van der Waals surface area (Å²) in [6.07, 6.45) is -4.62. The van der Waals surface area contributed by atoms with Gasteiger partial charge in [0, 0.05) is 15.7 Å². The summed E-state index contributed by atoms with van der Waals surface area (Å²) in [5, 5.41) is 10.9. The molecule has 3 aromatic carbocycles. The Hall–Kier alpha value is -3.39. The average Bonchev–Trinajstić information content (AvgIpc) is 3.04. The van der Waals surface area contributed by atoms with Crippen molar-refractivity contribution in [2.75, 3.05) is 4.90 Å². The number of ketones is 1. The Kier molecular flexibility index (Phi) is 5.64. The maximum atomic E-state index is 13.3. The van der Waals surface area contributed by atoms with Crippen LogP contribution in [0.15, 0.2) is 88.9 Å². The summed E-state index contributed by atoms with van der Waals surface area (Å²) in [4.78, 5) is 27.0. The highest BCUT2D eigenvalue weighted by atomic mass is 79.9. The van der Waals surface area contributed by atoms with Crippen LogP contribution in [0.1, 0.15) is 22.7 Å². The van der Waals surface area contributed by atoms with E-state index < -0.39 is 35.2 Å². The highest BCUT2D eigenvalue weighted by molar-refractivity contribution is 9.10. The number of carbonyl (C=O) groups excluding carboxylic acids is 2. The van der Waals surface area contributed by atoms with E-state index in [9.17, 15) is 27.9 Å². The standard InChI is InChI=1S/C24H15BrF3NO3/c25-17-11-9-14(10-12-17)20-19(21(30)15-5-2-1-3-6-15)22(31)23(32)29(20)18-8-4-7-16(13-18)24(26,27)28/h1-13,20,30H/b21-19+/t20-/m1/s1. The Bertz CT molecular complexity index is 1220. The van der Waals surface area contributed by atoms with Gasteiger partial charge in [-0.05, 0) is 35.9 Å². The van der Waals surface area contributed by atoms with Crippen LogP contribution in [0.5, 0.6) is 0 Å². The topological polar surface area (TPSA) is 57.6 Å². The summed E-state index contributed by atoms with van der Waals surface area (Å²) in [6.45, 7) is 0. The first kappa shape index (κ1) is 21.8. The molecule has 0 spiro atoms. The van der Waals surface area contributed by atoms with Gasteiger partial charge in [0.25, 0.3) is 11.7 Å². The third-order valence-electron chi connectivity index (χ3n) is 5.13. The van der Waals surface area contributed by atoms with Gasteiger partial charge in [-0.2, -0.15) is 13.2 Å². The second-order valence-electron chi connectivity index (χ2n) is 7.13. The van der Waals surface area contributed by atoms with Crippen LogP contribution in [-0.4, -0.2) is 16.8 Å². The SMILES string of the molecule is O=C1C(=O)N(c2cccc(C(F)(F)F)c2)[C@H](c2ccc(Br)cc2)/C1=C(\O)c1ccccc1. The number of hydrogen-bond acceptors (Lipinski definition) is 3. The maximum Gasteiger partial charge on any atom is 0.416 e. The summed E-state index contributed by atoms with van der Waals surface area (Å²) in [5.74, 6) is -2.39. The molecule has 1 aliphatic heterocycles. The Morgan fingerprint density at radius 1 is 0.906 bits per heavy atom. The molecule has 1 saturated heterocycles. The fourth-order valence-corrected chi connectivity index (χ4v) is 3.91. The highest BCUT2D eigenvalue weighted by Gasteiger charge is 2.47. The van der Waals surface area contributed by atoms with Gasteiger partial charge in [0.2, 0.25) is 0 Å². The van der Waals surface area contributed by atoms with Crippen LogP contribution in [-0.2, 0) is 15.8 Å². The zero-order valence-corrected chi connectivity index (χ0v) is 17.9. The molecule has 0 unspecified atom stereocenters. The van der Waals surface area contributed by atoms with E-state index in [1.807, 2.05) is 0 Å². The van der Waals surface area contributed by atoms with Crippen molar-refractivity contribution < 1.29 is 27.9 Å². The lowest BCUT2D eigenvalue weighted by Gasteiger charge is -2.26. The Morgan fingerprint density at radius 2 is 1.56 bits per heavy atom. The van der Waals surface area contributed by atoms with Gasteiger partial charge in [-0.15, -0.1) is 0 Å². The quantitative estimate of drug-likeness (QED) is 0.268. The van der Waals surface area contributed by atoms with Gasteiger partial charge < -0.3 is 5.11 Å². The molecule has 4 rings (SSSR count).